The highest BCUT2D eigenvalue weighted by Crippen LogP contribution is 2.37. The van der Waals surface area contributed by atoms with Gasteiger partial charge in [0.1, 0.15) is 0 Å². The summed E-state index contributed by atoms with van der Waals surface area (Å²) < 4.78 is 0. The van der Waals surface area contributed by atoms with Crippen LogP contribution in [-0.4, -0.2) is 18.6 Å². The summed E-state index contributed by atoms with van der Waals surface area (Å²) in [6, 6.07) is 3.65. The Hall–Kier alpha value is -0.590. The molecule has 3 fully saturated rings. The van der Waals surface area contributed by atoms with Gasteiger partial charge in [-0.05, 0) is 88.5 Å². The summed E-state index contributed by atoms with van der Waals surface area (Å²) in [7, 11) is 0. The predicted octanol–water partition coefficient (Wildman–Crippen LogP) is 3.20. The molecule has 1 aliphatic heterocycles. The van der Waals surface area contributed by atoms with E-state index in [1.165, 1.54) is 57.9 Å². The molecule has 0 spiro atoms. The molecule has 0 aromatic heterocycles. The van der Waals surface area contributed by atoms with Gasteiger partial charge in [-0.1, -0.05) is 0 Å². The molecular formula is C18H31N3. The lowest BCUT2D eigenvalue weighted by atomic mass is 9.72. The lowest BCUT2D eigenvalue weighted by molar-refractivity contribution is 0.142. The molecule has 1 saturated heterocycles. The van der Waals surface area contributed by atoms with E-state index in [4.69, 9.17) is 11.0 Å². The second-order valence-corrected chi connectivity index (χ2v) is 7.77. The molecule has 2 atom stereocenters. The van der Waals surface area contributed by atoms with Crippen molar-refractivity contribution in [3.8, 4) is 6.07 Å². The van der Waals surface area contributed by atoms with Gasteiger partial charge in [-0.3, -0.25) is 0 Å². The van der Waals surface area contributed by atoms with Crippen LogP contribution in [0.25, 0.3) is 0 Å². The van der Waals surface area contributed by atoms with Crippen molar-refractivity contribution in [1.82, 2.24) is 5.32 Å². The maximum atomic E-state index is 9.01. The van der Waals surface area contributed by atoms with Gasteiger partial charge >= 0.3 is 0 Å². The third-order valence-electron chi connectivity index (χ3n) is 6.50. The molecule has 118 valence electrons. The van der Waals surface area contributed by atoms with E-state index in [1.54, 1.807) is 0 Å². The van der Waals surface area contributed by atoms with E-state index in [9.17, 15) is 0 Å². The molecule has 3 rings (SSSR count). The van der Waals surface area contributed by atoms with Gasteiger partial charge in [0.2, 0.25) is 0 Å². The van der Waals surface area contributed by atoms with Crippen molar-refractivity contribution in [2.24, 2.45) is 29.4 Å². The minimum absolute atomic E-state index is 0.337. The number of hydrogen-bond donors (Lipinski definition) is 2. The molecule has 1 heterocycles. The molecule has 0 aromatic rings. The van der Waals surface area contributed by atoms with Gasteiger partial charge in [0.15, 0.2) is 0 Å². The molecule has 2 saturated carbocycles. The zero-order valence-electron chi connectivity index (χ0n) is 13.3. The second kappa shape index (κ2) is 7.11. The van der Waals surface area contributed by atoms with Crippen molar-refractivity contribution >= 4 is 0 Å². The average Bonchev–Trinajstić information content (AvgIpc) is 2.56. The number of hydrogen-bond acceptors (Lipinski definition) is 3. The highest BCUT2D eigenvalue weighted by molar-refractivity contribution is 4.93. The Bertz CT molecular complexity index is 351. The molecule has 0 amide bonds. The fourth-order valence-electron chi connectivity index (χ4n) is 4.97. The van der Waals surface area contributed by atoms with Crippen LogP contribution in [0.4, 0.5) is 0 Å². The van der Waals surface area contributed by atoms with Crippen LogP contribution in [0.2, 0.25) is 0 Å². The van der Waals surface area contributed by atoms with Crippen molar-refractivity contribution in [1.29, 1.82) is 5.26 Å². The summed E-state index contributed by atoms with van der Waals surface area (Å²) in [4.78, 5) is 0. The fourth-order valence-corrected chi connectivity index (χ4v) is 4.97. The minimum atomic E-state index is 0.337. The normalized spacial score (nSPS) is 45.0. The molecule has 0 radical (unpaired) electrons. The number of rotatable bonds is 2. The first-order valence-electron chi connectivity index (χ1n) is 9.15. The number of nitrogens with one attached hydrogen (secondary N) is 1. The molecule has 3 nitrogen and oxygen atoms in total. The summed E-state index contributed by atoms with van der Waals surface area (Å²) in [5, 5.41) is 12.9. The van der Waals surface area contributed by atoms with Gasteiger partial charge in [-0.2, -0.15) is 5.26 Å². The Morgan fingerprint density at radius 3 is 1.95 bits per heavy atom. The first-order chi connectivity index (χ1) is 10.3. The quantitative estimate of drug-likeness (QED) is 0.820. The summed E-state index contributed by atoms with van der Waals surface area (Å²) in [5.74, 6) is 2.98. The largest absolute Gasteiger partial charge is 0.328 e. The van der Waals surface area contributed by atoms with Crippen LogP contribution in [-0.2, 0) is 0 Å². The van der Waals surface area contributed by atoms with Crippen LogP contribution in [0.5, 0.6) is 0 Å². The Balaban J connectivity index is 1.42. The van der Waals surface area contributed by atoms with Crippen LogP contribution in [0.3, 0.4) is 0 Å². The molecule has 0 bridgehead atoms. The van der Waals surface area contributed by atoms with Gasteiger partial charge < -0.3 is 11.1 Å². The number of nitrogens with zero attached hydrogens (tertiary/aromatic N) is 1. The lowest BCUT2D eigenvalue weighted by Gasteiger charge is -2.41. The topological polar surface area (TPSA) is 61.8 Å². The third kappa shape index (κ3) is 3.79. The van der Waals surface area contributed by atoms with Gasteiger partial charge in [-0.25, -0.2) is 0 Å². The molecule has 3 aliphatic rings. The predicted molar refractivity (Wildman–Crippen MR) is 85.5 cm³/mol. The Labute approximate surface area is 129 Å². The molecule has 21 heavy (non-hydrogen) atoms. The average molecular weight is 289 g/mol. The van der Waals surface area contributed by atoms with Gasteiger partial charge in [0, 0.05) is 18.0 Å². The maximum absolute atomic E-state index is 9.01. The number of nitrogens with two attached hydrogens (primary N) is 1. The summed E-state index contributed by atoms with van der Waals surface area (Å²) >= 11 is 0. The standard InChI is InChI=1S/C18H31N3/c19-11-13-1-3-15(4-2-13)18-10-7-16(12-21-18)14-5-8-17(20)9-6-14/h13-18,21H,1-10,12,20H2. The van der Waals surface area contributed by atoms with E-state index in [2.05, 4.69) is 11.4 Å². The van der Waals surface area contributed by atoms with Crippen molar-refractivity contribution in [2.75, 3.05) is 6.54 Å². The Kier molecular flexibility index (Phi) is 5.19. The van der Waals surface area contributed by atoms with Gasteiger partial charge in [0.05, 0.1) is 6.07 Å². The van der Waals surface area contributed by atoms with E-state index in [1.807, 2.05) is 0 Å². The summed E-state index contributed by atoms with van der Waals surface area (Å²) in [5.41, 5.74) is 6.03. The van der Waals surface area contributed by atoms with E-state index in [0.29, 0.717) is 12.0 Å². The number of piperidine rings is 1. The third-order valence-corrected chi connectivity index (χ3v) is 6.50. The highest BCUT2D eigenvalue weighted by Gasteiger charge is 2.33. The van der Waals surface area contributed by atoms with Crippen molar-refractivity contribution < 1.29 is 0 Å². The Morgan fingerprint density at radius 2 is 1.38 bits per heavy atom. The van der Waals surface area contributed by atoms with Crippen LogP contribution >= 0.6 is 0 Å². The monoisotopic (exact) mass is 289 g/mol. The van der Waals surface area contributed by atoms with Gasteiger partial charge in [0.25, 0.3) is 0 Å². The van der Waals surface area contributed by atoms with Crippen molar-refractivity contribution in [3.05, 3.63) is 0 Å². The molecule has 3 heteroatoms. The first-order valence-corrected chi connectivity index (χ1v) is 9.15. The number of nitriles is 1. The zero-order chi connectivity index (χ0) is 14.7. The molecule has 2 aliphatic carbocycles. The van der Waals surface area contributed by atoms with E-state index < -0.39 is 0 Å². The van der Waals surface area contributed by atoms with Crippen LogP contribution < -0.4 is 11.1 Å². The van der Waals surface area contributed by atoms with Crippen molar-refractivity contribution in [2.45, 2.75) is 76.3 Å². The van der Waals surface area contributed by atoms with Gasteiger partial charge in [-0.15, -0.1) is 0 Å². The maximum Gasteiger partial charge on any atom is 0.0655 e. The molecule has 0 aromatic carbocycles. The van der Waals surface area contributed by atoms with E-state index in [0.717, 1.165) is 36.6 Å². The van der Waals surface area contributed by atoms with Crippen LogP contribution in [0, 0.1) is 35.0 Å². The highest BCUT2D eigenvalue weighted by atomic mass is 14.9. The van der Waals surface area contributed by atoms with E-state index in [-0.39, 0.29) is 0 Å². The smallest absolute Gasteiger partial charge is 0.0655 e. The fraction of sp³-hybridized carbons (Fsp3) is 0.944. The van der Waals surface area contributed by atoms with Crippen molar-refractivity contribution in [3.63, 3.8) is 0 Å². The lowest BCUT2D eigenvalue weighted by Crippen LogP contribution is -2.46. The second-order valence-electron chi connectivity index (χ2n) is 7.77. The minimum Gasteiger partial charge on any atom is -0.328 e. The molecule has 3 N–H and O–H groups in total. The molecule has 2 unspecified atom stereocenters. The van der Waals surface area contributed by atoms with E-state index >= 15 is 0 Å². The SMILES string of the molecule is N#CC1CCC(C2CCC(C3CCC(N)CC3)CN2)CC1. The summed E-state index contributed by atoms with van der Waals surface area (Å²) in [6.07, 6.45) is 12.7. The first kappa shape index (κ1) is 15.3. The van der Waals surface area contributed by atoms with Crippen LogP contribution in [0.1, 0.15) is 64.2 Å². The summed E-state index contributed by atoms with van der Waals surface area (Å²) in [6.45, 7) is 1.22. The molecular weight excluding hydrogens is 258 g/mol. The zero-order valence-corrected chi connectivity index (χ0v) is 13.3. The van der Waals surface area contributed by atoms with Crippen LogP contribution in [0.15, 0.2) is 0 Å². The Morgan fingerprint density at radius 1 is 0.762 bits per heavy atom.